The molecule has 0 amide bonds. The van der Waals surface area contributed by atoms with Gasteiger partial charge in [0.25, 0.3) is 0 Å². The standard InChI is InChI=1S/C15H18N2O/c1-10-11(2)17-15(9-16-10)14-7-5-13(6-8-14)12(3)18-4/h5-9,12H,1-4H3/t12-/m1/s1. The zero-order valence-corrected chi connectivity index (χ0v) is 11.3. The number of aryl methyl sites for hydroxylation is 2. The van der Waals surface area contributed by atoms with Crippen molar-refractivity contribution in [2.24, 2.45) is 0 Å². The van der Waals surface area contributed by atoms with E-state index in [4.69, 9.17) is 4.74 Å². The summed E-state index contributed by atoms with van der Waals surface area (Å²) in [6.45, 7) is 5.98. The molecule has 0 fully saturated rings. The minimum atomic E-state index is 0.116. The van der Waals surface area contributed by atoms with E-state index in [9.17, 15) is 0 Å². The number of benzene rings is 1. The maximum Gasteiger partial charge on any atom is 0.0888 e. The summed E-state index contributed by atoms with van der Waals surface area (Å²) in [6, 6.07) is 8.26. The SMILES string of the molecule is CO[C@H](C)c1ccc(-c2cnc(C)c(C)n2)cc1. The Bertz CT molecular complexity index is 535. The molecular formula is C15H18N2O. The van der Waals surface area contributed by atoms with Crippen molar-refractivity contribution in [2.75, 3.05) is 7.11 Å². The van der Waals surface area contributed by atoms with Crippen LogP contribution in [0.4, 0.5) is 0 Å². The van der Waals surface area contributed by atoms with Gasteiger partial charge in [-0.05, 0) is 26.3 Å². The van der Waals surface area contributed by atoms with Crippen molar-refractivity contribution in [3.63, 3.8) is 0 Å². The van der Waals surface area contributed by atoms with E-state index in [-0.39, 0.29) is 6.10 Å². The topological polar surface area (TPSA) is 35.0 Å². The molecule has 0 bridgehead atoms. The van der Waals surface area contributed by atoms with Gasteiger partial charge < -0.3 is 4.74 Å². The zero-order chi connectivity index (χ0) is 13.1. The molecule has 1 aromatic heterocycles. The quantitative estimate of drug-likeness (QED) is 0.826. The van der Waals surface area contributed by atoms with E-state index in [1.54, 1.807) is 7.11 Å². The van der Waals surface area contributed by atoms with Crippen molar-refractivity contribution in [2.45, 2.75) is 26.9 Å². The molecule has 0 aliphatic heterocycles. The van der Waals surface area contributed by atoms with Gasteiger partial charge in [0.1, 0.15) is 0 Å². The van der Waals surface area contributed by atoms with E-state index in [0.29, 0.717) is 0 Å². The normalized spacial score (nSPS) is 12.4. The Hall–Kier alpha value is -1.74. The molecule has 1 atom stereocenters. The van der Waals surface area contributed by atoms with Crippen molar-refractivity contribution >= 4 is 0 Å². The Labute approximate surface area is 108 Å². The molecule has 1 heterocycles. The summed E-state index contributed by atoms with van der Waals surface area (Å²) in [5.41, 5.74) is 5.11. The highest BCUT2D eigenvalue weighted by atomic mass is 16.5. The Kier molecular flexibility index (Phi) is 3.72. The highest BCUT2D eigenvalue weighted by molar-refractivity contribution is 5.58. The highest BCUT2D eigenvalue weighted by Crippen LogP contribution is 2.21. The summed E-state index contributed by atoms with van der Waals surface area (Å²) in [5.74, 6) is 0. The molecule has 0 radical (unpaired) electrons. The fourth-order valence-electron chi connectivity index (χ4n) is 1.74. The second kappa shape index (κ2) is 5.27. The number of aromatic nitrogens is 2. The van der Waals surface area contributed by atoms with Crippen LogP contribution in [0.25, 0.3) is 11.3 Å². The third-order valence-electron chi connectivity index (χ3n) is 3.22. The lowest BCUT2D eigenvalue weighted by Crippen LogP contribution is -1.96. The Morgan fingerprint density at radius 3 is 2.28 bits per heavy atom. The first-order valence-electron chi connectivity index (χ1n) is 6.05. The van der Waals surface area contributed by atoms with Gasteiger partial charge >= 0.3 is 0 Å². The maximum atomic E-state index is 5.29. The third kappa shape index (κ3) is 2.57. The molecule has 94 valence electrons. The summed E-state index contributed by atoms with van der Waals surface area (Å²) >= 11 is 0. The number of ether oxygens (including phenoxy) is 1. The number of methoxy groups -OCH3 is 1. The van der Waals surface area contributed by atoms with E-state index in [0.717, 1.165) is 28.2 Å². The first-order valence-corrected chi connectivity index (χ1v) is 6.05. The van der Waals surface area contributed by atoms with Gasteiger partial charge in [-0.15, -0.1) is 0 Å². The number of rotatable bonds is 3. The van der Waals surface area contributed by atoms with E-state index in [2.05, 4.69) is 34.2 Å². The average Bonchev–Trinajstić information content (AvgIpc) is 2.41. The van der Waals surface area contributed by atoms with E-state index < -0.39 is 0 Å². The minimum Gasteiger partial charge on any atom is -0.377 e. The lowest BCUT2D eigenvalue weighted by Gasteiger charge is -2.10. The van der Waals surface area contributed by atoms with Crippen LogP contribution in [0, 0.1) is 13.8 Å². The molecule has 2 aromatic rings. The molecule has 3 nitrogen and oxygen atoms in total. The van der Waals surface area contributed by atoms with Gasteiger partial charge in [0, 0.05) is 12.7 Å². The van der Waals surface area contributed by atoms with Crippen molar-refractivity contribution in [1.29, 1.82) is 0 Å². The van der Waals surface area contributed by atoms with Crippen LogP contribution in [0.3, 0.4) is 0 Å². The van der Waals surface area contributed by atoms with Crippen molar-refractivity contribution in [3.8, 4) is 11.3 Å². The first kappa shape index (κ1) is 12.7. The summed E-state index contributed by atoms with van der Waals surface area (Å²) in [7, 11) is 1.72. The number of hydrogen-bond donors (Lipinski definition) is 0. The number of nitrogens with zero attached hydrogens (tertiary/aromatic N) is 2. The molecule has 0 unspecified atom stereocenters. The molecule has 0 saturated heterocycles. The Balaban J connectivity index is 2.31. The molecule has 0 saturated carbocycles. The molecule has 18 heavy (non-hydrogen) atoms. The minimum absolute atomic E-state index is 0.116. The molecule has 0 spiro atoms. The Morgan fingerprint density at radius 1 is 1.06 bits per heavy atom. The smallest absolute Gasteiger partial charge is 0.0888 e. The van der Waals surface area contributed by atoms with E-state index in [1.165, 1.54) is 0 Å². The van der Waals surface area contributed by atoms with Gasteiger partial charge in [0.2, 0.25) is 0 Å². The summed E-state index contributed by atoms with van der Waals surface area (Å²) in [4.78, 5) is 8.89. The van der Waals surface area contributed by atoms with Gasteiger partial charge in [-0.3, -0.25) is 4.98 Å². The molecule has 2 rings (SSSR count). The molecule has 0 aliphatic rings. The van der Waals surface area contributed by atoms with Crippen LogP contribution in [0.15, 0.2) is 30.5 Å². The molecule has 0 N–H and O–H groups in total. The zero-order valence-electron chi connectivity index (χ0n) is 11.3. The van der Waals surface area contributed by atoms with Gasteiger partial charge in [-0.1, -0.05) is 24.3 Å². The first-order chi connectivity index (χ1) is 8.61. The number of hydrogen-bond acceptors (Lipinski definition) is 3. The van der Waals surface area contributed by atoms with Crippen molar-refractivity contribution in [3.05, 3.63) is 47.4 Å². The Morgan fingerprint density at radius 2 is 1.72 bits per heavy atom. The summed E-state index contributed by atoms with van der Waals surface area (Å²) in [5, 5.41) is 0. The molecule has 0 aliphatic carbocycles. The third-order valence-corrected chi connectivity index (χ3v) is 3.22. The second-order valence-electron chi connectivity index (χ2n) is 4.43. The van der Waals surface area contributed by atoms with Gasteiger partial charge in [-0.25, -0.2) is 4.98 Å². The van der Waals surface area contributed by atoms with Gasteiger partial charge in [0.05, 0.1) is 29.4 Å². The molecular weight excluding hydrogens is 224 g/mol. The van der Waals surface area contributed by atoms with Crippen LogP contribution >= 0.6 is 0 Å². The van der Waals surface area contributed by atoms with E-state index >= 15 is 0 Å². The lowest BCUT2D eigenvalue weighted by atomic mass is 10.1. The predicted octanol–water partition coefficient (Wildman–Crippen LogP) is 3.47. The lowest BCUT2D eigenvalue weighted by molar-refractivity contribution is 0.119. The van der Waals surface area contributed by atoms with Crippen molar-refractivity contribution < 1.29 is 4.74 Å². The maximum absolute atomic E-state index is 5.29. The fourth-order valence-corrected chi connectivity index (χ4v) is 1.74. The monoisotopic (exact) mass is 242 g/mol. The molecule has 3 heteroatoms. The van der Waals surface area contributed by atoms with Crippen molar-refractivity contribution in [1.82, 2.24) is 9.97 Å². The highest BCUT2D eigenvalue weighted by Gasteiger charge is 2.06. The average molecular weight is 242 g/mol. The van der Waals surface area contributed by atoms with Crippen LogP contribution in [-0.4, -0.2) is 17.1 Å². The van der Waals surface area contributed by atoms with Crippen LogP contribution in [0.1, 0.15) is 30.0 Å². The summed E-state index contributed by atoms with van der Waals surface area (Å²) < 4.78 is 5.29. The second-order valence-corrected chi connectivity index (χ2v) is 4.43. The van der Waals surface area contributed by atoms with Gasteiger partial charge in [0.15, 0.2) is 0 Å². The predicted molar refractivity (Wildman–Crippen MR) is 72.4 cm³/mol. The van der Waals surface area contributed by atoms with Crippen LogP contribution < -0.4 is 0 Å². The van der Waals surface area contributed by atoms with Crippen LogP contribution in [0.2, 0.25) is 0 Å². The largest absolute Gasteiger partial charge is 0.377 e. The van der Waals surface area contributed by atoms with Crippen LogP contribution in [0.5, 0.6) is 0 Å². The fraction of sp³-hybridized carbons (Fsp3) is 0.333. The van der Waals surface area contributed by atoms with E-state index in [1.807, 2.05) is 27.0 Å². The molecule has 1 aromatic carbocycles. The van der Waals surface area contributed by atoms with Gasteiger partial charge in [-0.2, -0.15) is 0 Å². The van der Waals surface area contributed by atoms with Crippen LogP contribution in [-0.2, 0) is 4.74 Å². The summed E-state index contributed by atoms with van der Waals surface area (Å²) in [6.07, 6.45) is 1.93.